The maximum Gasteiger partial charge on any atom is 0.342 e. The standard InChI is InChI=1S/C15H20O5/c1-14(2,3)20-13(17)12-9-6-7-11(18-5)19-15(9,4)8-10(12)16/h6-7,11H,8H2,1-5H3/t11-,15-/m0/s1. The maximum atomic E-state index is 12.2. The van der Waals surface area contributed by atoms with Crippen LogP contribution in [-0.4, -0.2) is 36.4 Å². The molecule has 5 nitrogen and oxygen atoms in total. The molecule has 0 fully saturated rings. The predicted molar refractivity (Wildman–Crippen MR) is 71.9 cm³/mol. The summed E-state index contributed by atoms with van der Waals surface area (Å²) in [5, 5.41) is 0. The lowest BCUT2D eigenvalue weighted by atomic mass is 9.94. The number of hydrogen-bond donors (Lipinski definition) is 0. The largest absolute Gasteiger partial charge is 0.456 e. The molecule has 0 aromatic heterocycles. The van der Waals surface area contributed by atoms with Gasteiger partial charge in [-0.15, -0.1) is 0 Å². The van der Waals surface area contributed by atoms with Crippen LogP contribution in [0, 0.1) is 0 Å². The Morgan fingerprint density at radius 3 is 2.65 bits per heavy atom. The Bertz CT molecular complexity index is 509. The van der Waals surface area contributed by atoms with Crippen molar-refractivity contribution in [2.75, 3.05) is 7.11 Å². The van der Waals surface area contributed by atoms with Crippen molar-refractivity contribution in [1.82, 2.24) is 0 Å². The molecule has 2 atom stereocenters. The molecule has 0 N–H and O–H groups in total. The molecule has 20 heavy (non-hydrogen) atoms. The second kappa shape index (κ2) is 4.82. The average molecular weight is 280 g/mol. The van der Waals surface area contributed by atoms with Crippen molar-refractivity contribution in [3.8, 4) is 0 Å². The van der Waals surface area contributed by atoms with Crippen LogP contribution in [0.25, 0.3) is 0 Å². The third-order valence-corrected chi connectivity index (χ3v) is 3.25. The van der Waals surface area contributed by atoms with Crippen molar-refractivity contribution in [1.29, 1.82) is 0 Å². The fourth-order valence-corrected chi connectivity index (χ4v) is 2.42. The zero-order chi connectivity index (χ0) is 15.1. The normalized spacial score (nSPS) is 29.6. The Balaban J connectivity index is 2.38. The zero-order valence-electron chi connectivity index (χ0n) is 12.5. The van der Waals surface area contributed by atoms with Gasteiger partial charge in [-0.25, -0.2) is 4.79 Å². The molecule has 0 aromatic carbocycles. The van der Waals surface area contributed by atoms with E-state index in [9.17, 15) is 9.59 Å². The fourth-order valence-electron chi connectivity index (χ4n) is 2.42. The van der Waals surface area contributed by atoms with Crippen LogP contribution in [-0.2, 0) is 23.8 Å². The summed E-state index contributed by atoms with van der Waals surface area (Å²) in [5.74, 6) is -0.844. The van der Waals surface area contributed by atoms with Crippen molar-refractivity contribution < 1.29 is 23.8 Å². The van der Waals surface area contributed by atoms with E-state index in [1.807, 2.05) is 0 Å². The van der Waals surface area contributed by atoms with Gasteiger partial charge in [-0.05, 0) is 33.8 Å². The lowest BCUT2D eigenvalue weighted by Gasteiger charge is -2.33. The minimum absolute atomic E-state index is 0.0910. The molecule has 0 amide bonds. The summed E-state index contributed by atoms with van der Waals surface area (Å²) in [6.45, 7) is 7.09. The first-order chi connectivity index (χ1) is 9.16. The predicted octanol–water partition coefficient (Wildman–Crippen LogP) is 1.92. The smallest absolute Gasteiger partial charge is 0.342 e. The number of carbonyl (C=O) groups is 2. The van der Waals surface area contributed by atoms with Crippen LogP contribution >= 0.6 is 0 Å². The summed E-state index contributed by atoms with van der Waals surface area (Å²) in [5.41, 5.74) is -0.796. The molecule has 1 aliphatic carbocycles. The van der Waals surface area contributed by atoms with Gasteiger partial charge in [0.25, 0.3) is 0 Å². The molecule has 0 bridgehead atoms. The maximum absolute atomic E-state index is 12.2. The SMILES string of the molecule is CO[C@@H]1C=CC2=C(C(=O)OC(C)(C)C)C(=O)C[C@]2(C)O1. The van der Waals surface area contributed by atoms with Crippen LogP contribution in [0.2, 0.25) is 0 Å². The molecule has 110 valence electrons. The van der Waals surface area contributed by atoms with E-state index in [0.717, 1.165) is 0 Å². The Hall–Kier alpha value is -1.46. The van der Waals surface area contributed by atoms with Crippen LogP contribution in [0.15, 0.2) is 23.3 Å². The molecule has 0 spiro atoms. The molecule has 0 radical (unpaired) electrons. The van der Waals surface area contributed by atoms with Gasteiger partial charge >= 0.3 is 5.97 Å². The molecule has 2 aliphatic rings. The van der Waals surface area contributed by atoms with Gasteiger partial charge in [0, 0.05) is 19.1 Å². The first-order valence-corrected chi connectivity index (χ1v) is 6.56. The van der Waals surface area contributed by atoms with Gasteiger partial charge < -0.3 is 14.2 Å². The van der Waals surface area contributed by atoms with E-state index in [0.29, 0.717) is 5.57 Å². The summed E-state index contributed by atoms with van der Waals surface area (Å²) < 4.78 is 16.2. The average Bonchev–Trinajstić information content (AvgIpc) is 2.55. The van der Waals surface area contributed by atoms with Crippen LogP contribution in [0.3, 0.4) is 0 Å². The summed E-state index contributed by atoms with van der Waals surface area (Å²) >= 11 is 0. The van der Waals surface area contributed by atoms with Crippen LogP contribution < -0.4 is 0 Å². The molecule has 0 unspecified atom stereocenters. The number of esters is 1. The van der Waals surface area contributed by atoms with E-state index >= 15 is 0 Å². The van der Waals surface area contributed by atoms with Gasteiger partial charge in [-0.3, -0.25) is 4.79 Å². The van der Waals surface area contributed by atoms with Crippen molar-refractivity contribution in [2.45, 2.75) is 51.6 Å². The number of ether oxygens (including phenoxy) is 3. The van der Waals surface area contributed by atoms with Crippen molar-refractivity contribution in [2.24, 2.45) is 0 Å². The highest BCUT2D eigenvalue weighted by Gasteiger charge is 2.48. The van der Waals surface area contributed by atoms with Gasteiger partial charge in [0.1, 0.15) is 16.8 Å². The Morgan fingerprint density at radius 2 is 2.10 bits per heavy atom. The van der Waals surface area contributed by atoms with E-state index in [-0.39, 0.29) is 17.8 Å². The number of carbonyl (C=O) groups excluding carboxylic acids is 2. The molecular formula is C15H20O5. The Labute approximate surface area is 118 Å². The third kappa shape index (κ3) is 2.69. The highest BCUT2D eigenvalue weighted by atomic mass is 16.7. The Morgan fingerprint density at radius 1 is 1.45 bits per heavy atom. The van der Waals surface area contributed by atoms with Gasteiger partial charge in [-0.1, -0.05) is 6.08 Å². The molecule has 1 heterocycles. The summed E-state index contributed by atoms with van der Waals surface area (Å²) in [6, 6.07) is 0. The topological polar surface area (TPSA) is 61.8 Å². The number of fused-ring (bicyclic) bond motifs is 1. The monoisotopic (exact) mass is 280 g/mol. The summed E-state index contributed by atoms with van der Waals surface area (Å²) in [4.78, 5) is 24.4. The number of hydrogen-bond acceptors (Lipinski definition) is 5. The van der Waals surface area contributed by atoms with Gasteiger partial charge in [0.05, 0.1) is 0 Å². The zero-order valence-corrected chi connectivity index (χ0v) is 12.5. The van der Waals surface area contributed by atoms with Gasteiger partial charge in [0.2, 0.25) is 0 Å². The fraction of sp³-hybridized carbons (Fsp3) is 0.600. The summed E-state index contributed by atoms with van der Waals surface area (Å²) in [6.07, 6.45) is 3.03. The lowest BCUT2D eigenvalue weighted by molar-refractivity contribution is -0.160. The van der Waals surface area contributed by atoms with E-state index in [1.54, 1.807) is 39.8 Å². The number of rotatable bonds is 2. The molecule has 0 aromatic rings. The van der Waals surface area contributed by atoms with E-state index in [4.69, 9.17) is 14.2 Å². The third-order valence-electron chi connectivity index (χ3n) is 3.25. The minimum Gasteiger partial charge on any atom is -0.456 e. The molecule has 0 saturated heterocycles. The quantitative estimate of drug-likeness (QED) is 0.571. The van der Waals surface area contributed by atoms with Crippen LogP contribution in [0.1, 0.15) is 34.1 Å². The second-order valence-corrected chi connectivity index (χ2v) is 6.20. The van der Waals surface area contributed by atoms with E-state index in [2.05, 4.69) is 0 Å². The molecule has 5 heteroatoms. The Kier molecular flexibility index (Phi) is 3.60. The number of methoxy groups -OCH3 is 1. The molecule has 1 aliphatic heterocycles. The van der Waals surface area contributed by atoms with Crippen molar-refractivity contribution >= 4 is 11.8 Å². The van der Waals surface area contributed by atoms with E-state index in [1.165, 1.54) is 7.11 Å². The summed E-state index contributed by atoms with van der Waals surface area (Å²) in [7, 11) is 1.53. The minimum atomic E-state index is -0.821. The van der Waals surface area contributed by atoms with Crippen LogP contribution in [0.5, 0.6) is 0 Å². The molecule has 2 rings (SSSR count). The molecular weight excluding hydrogens is 260 g/mol. The molecule has 0 saturated carbocycles. The number of ketones is 1. The number of Topliss-reactive ketones (excluding diaryl/α,β-unsaturated/α-hetero) is 1. The van der Waals surface area contributed by atoms with Crippen molar-refractivity contribution in [3.05, 3.63) is 23.3 Å². The highest BCUT2D eigenvalue weighted by molar-refractivity contribution is 6.21. The van der Waals surface area contributed by atoms with Gasteiger partial charge in [0.15, 0.2) is 12.1 Å². The first-order valence-electron chi connectivity index (χ1n) is 6.56. The second-order valence-electron chi connectivity index (χ2n) is 6.20. The lowest BCUT2D eigenvalue weighted by Crippen LogP contribution is -2.36. The first kappa shape index (κ1) is 14.9. The highest BCUT2D eigenvalue weighted by Crippen LogP contribution is 2.41. The van der Waals surface area contributed by atoms with Crippen molar-refractivity contribution in [3.63, 3.8) is 0 Å². The van der Waals surface area contributed by atoms with Crippen LogP contribution in [0.4, 0.5) is 0 Å². The van der Waals surface area contributed by atoms with E-state index < -0.39 is 23.5 Å². The van der Waals surface area contributed by atoms with Gasteiger partial charge in [-0.2, -0.15) is 0 Å².